The zero-order chi connectivity index (χ0) is 15.1. The Hall–Kier alpha value is -1.79. The number of rotatable bonds is 6. The number of benzene rings is 1. The van der Waals surface area contributed by atoms with E-state index in [0.717, 1.165) is 12.1 Å². The fourth-order valence-electron chi connectivity index (χ4n) is 1.54. The summed E-state index contributed by atoms with van der Waals surface area (Å²) in [5, 5.41) is 5.65. The fourth-order valence-corrected chi connectivity index (χ4v) is 1.77. The van der Waals surface area contributed by atoms with Crippen molar-refractivity contribution < 1.29 is 14.3 Å². The van der Waals surface area contributed by atoms with E-state index in [2.05, 4.69) is 5.32 Å². The Bertz CT molecular complexity index is 494. The minimum absolute atomic E-state index is 0.491. The molecule has 0 spiro atoms. The van der Waals surface area contributed by atoms with Crippen LogP contribution in [0.2, 0.25) is 5.02 Å². The molecule has 3 amide bonds. The Morgan fingerprint density at radius 3 is 2.75 bits per heavy atom. The van der Waals surface area contributed by atoms with Gasteiger partial charge in [-0.25, -0.2) is 4.79 Å². The zero-order valence-corrected chi connectivity index (χ0v) is 12.2. The third-order valence-electron chi connectivity index (χ3n) is 2.55. The average molecular weight is 300 g/mol. The number of urea groups is 1. The summed E-state index contributed by atoms with van der Waals surface area (Å²) in [7, 11) is 0. The first kappa shape index (κ1) is 16.3. The van der Waals surface area contributed by atoms with Crippen LogP contribution in [0.1, 0.15) is 19.4 Å². The molecule has 1 atom stereocenters. The normalized spacial score (nSPS) is 11.8. The summed E-state index contributed by atoms with van der Waals surface area (Å²) in [4.78, 5) is 22.2. The van der Waals surface area contributed by atoms with Crippen molar-refractivity contribution in [3.05, 3.63) is 28.8 Å². The molecule has 0 saturated heterocycles. The van der Waals surface area contributed by atoms with Crippen LogP contribution in [0.5, 0.6) is 5.75 Å². The number of carbonyl (C=O) groups is 2. The van der Waals surface area contributed by atoms with Gasteiger partial charge in [0.2, 0.25) is 0 Å². The maximum atomic E-state index is 11.6. The van der Waals surface area contributed by atoms with Gasteiger partial charge in [0, 0.05) is 17.1 Å². The first-order chi connectivity index (χ1) is 9.45. The van der Waals surface area contributed by atoms with Gasteiger partial charge in [0.25, 0.3) is 5.91 Å². The third-order valence-corrected chi connectivity index (χ3v) is 2.90. The second-order valence-electron chi connectivity index (χ2n) is 4.11. The summed E-state index contributed by atoms with van der Waals surface area (Å²) in [5.41, 5.74) is 5.65. The number of amides is 3. The molecule has 110 valence electrons. The number of hydrogen-bond donors (Lipinski definition) is 3. The van der Waals surface area contributed by atoms with Crippen LogP contribution in [0.3, 0.4) is 0 Å². The second-order valence-corrected chi connectivity index (χ2v) is 4.52. The first-order valence-corrected chi connectivity index (χ1v) is 6.58. The molecule has 20 heavy (non-hydrogen) atoms. The maximum absolute atomic E-state index is 11.6. The summed E-state index contributed by atoms with van der Waals surface area (Å²) in [6, 6.07) is 4.28. The molecular weight excluding hydrogens is 282 g/mol. The summed E-state index contributed by atoms with van der Waals surface area (Å²) in [6.45, 7) is 4.80. The number of nitrogens with two attached hydrogens (primary N) is 1. The van der Waals surface area contributed by atoms with Crippen molar-refractivity contribution in [2.45, 2.75) is 26.5 Å². The highest BCUT2D eigenvalue weighted by atomic mass is 35.5. The largest absolute Gasteiger partial charge is 0.480 e. The van der Waals surface area contributed by atoms with E-state index in [1.54, 1.807) is 18.2 Å². The van der Waals surface area contributed by atoms with Gasteiger partial charge in [-0.05, 0) is 25.6 Å². The number of primary amides is 1. The monoisotopic (exact) mass is 299 g/mol. The van der Waals surface area contributed by atoms with Gasteiger partial charge in [0.05, 0.1) is 0 Å². The highest BCUT2D eigenvalue weighted by molar-refractivity contribution is 6.31. The van der Waals surface area contributed by atoms with Crippen molar-refractivity contribution in [3.8, 4) is 5.75 Å². The summed E-state index contributed by atoms with van der Waals surface area (Å²) < 4.78 is 5.54. The Labute approximate surface area is 122 Å². The molecule has 0 saturated carbocycles. The molecule has 0 aromatic heterocycles. The Kier molecular flexibility index (Phi) is 6.27. The van der Waals surface area contributed by atoms with Gasteiger partial charge in [-0.15, -0.1) is 0 Å². The molecule has 0 aliphatic rings. The molecule has 0 bridgehead atoms. The quantitative estimate of drug-likeness (QED) is 0.740. The molecule has 1 aromatic rings. The molecular formula is C13H18ClN3O3. The fraction of sp³-hybridized carbons (Fsp3) is 0.385. The van der Waals surface area contributed by atoms with Gasteiger partial charge in [-0.2, -0.15) is 0 Å². The number of halogens is 1. The lowest BCUT2D eigenvalue weighted by molar-refractivity contribution is -0.126. The maximum Gasteiger partial charge on any atom is 0.318 e. The van der Waals surface area contributed by atoms with E-state index in [1.165, 1.54) is 6.92 Å². The first-order valence-electron chi connectivity index (χ1n) is 6.20. The van der Waals surface area contributed by atoms with Crippen molar-refractivity contribution >= 4 is 23.5 Å². The van der Waals surface area contributed by atoms with E-state index < -0.39 is 18.0 Å². The lowest BCUT2D eigenvalue weighted by atomic mass is 10.2. The molecule has 1 rings (SSSR count). The van der Waals surface area contributed by atoms with E-state index >= 15 is 0 Å². The lowest BCUT2D eigenvalue weighted by Crippen LogP contribution is -2.42. The van der Waals surface area contributed by atoms with Crippen LogP contribution < -0.4 is 21.1 Å². The summed E-state index contributed by atoms with van der Waals surface area (Å²) >= 11 is 6.12. The molecule has 0 aliphatic heterocycles. The van der Waals surface area contributed by atoms with Crippen molar-refractivity contribution in [2.24, 2.45) is 5.73 Å². The predicted octanol–water partition coefficient (Wildman–Crippen LogP) is 1.41. The topological polar surface area (TPSA) is 93.4 Å². The Morgan fingerprint density at radius 1 is 1.45 bits per heavy atom. The van der Waals surface area contributed by atoms with Crippen molar-refractivity contribution in [3.63, 3.8) is 0 Å². The van der Waals surface area contributed by atoms with E-state index in [4.69, 9.17) is 22.1 Å². The zero-order valence-electron chi connectivity index (χ0n) is 11.4. The molecule has 1 unspecified atom stereocenters. The van der Waals surface area contributed by atoms with Crippen LogP contribution in [0.25, 0.3) is 0 Å². The van der Waals surface area contributed by atoms with Gasteiger partial charge in [-0.3, -0.25) is 10.1 Å². The van der Waals surface area contributed by atoms with Gasteiger partial charge >= 0.3 is 6.03 Å². The molecule has 4 N–H and O–H groups in total. The average Bonchev–Trinajstić information content (AvgIpc) is 2.37. The van der Waals surface area contributed by atoms with E-state index in [1.807, 2.05) is 12.2 Å². The van der Waals surface area contributed by atoms with Crippen LogP contribution in [0.15, 0.2) is 18.2 Å². The van der Waals surface area contributed by atoms with Gasteiger partial charge in [0.15, 0.2) is 6.10 Å². The molecule has 1 aromatic carbocycles. The Morgan fingerprint density at radius 2 is 2.15 bits per heavy atom. The lowest BCUT2D eigenvalue weighted by Gasteiger charge is -2.17. The van der Waals surface area contributed by atoms with Crippen molar-refractivity contribution in [1.29, 1.82) is 0 Å². The van der Waals surface area contributed by atoms with E-state index in [0.29, 0.717) is 17.3 Å². The molecule has 0 fully saturated rings. The van der Waals surface area contributed by atoms with Crippen LogP contribution >= 0.6 is 11.6 Å². The highest BCUT2D eigenvalue weighted by Gasteiger charge is 2.18. The van der Waals surface area contributed by atoms with E-state index in [-0.39, 0.29) is 0 Å². The van der Waals surface area contributed by atoms with Crippen LogP contribution in [0.4, 0.5) is 4.79 Å². The predicted molar refractivity (Wildman–Crippen MR) is 76.6 cm³/mol. The second kappa shape index (κ2) is 7.72. The SMILES string of the molecule is CCNCc1c(Cl)cccc1OC(C)C(=O)NC(N)=O. The van der Waals surface area contributed by atoms with Crippen LogP contribution in [0, 0.1) is 0 Å². The minimum Gasteiger partial charge on any atom is -0.480 e. The standard InChI is InChI=1S/C13H18ClN3O3/c1-3-16-7-9-10(14)5-4-6-11(9)20-8(2)12(18)17-13(15)19/h4-6,8,16H,3,7H2,1-2H3,(H3,15,17,18,19). The number of ether oxygens (including phenoxy) is 1. The van der Waals surface area contributed by atoms with E-state index in [9.17, 15) is 9.59 Å². The van der Waals surface area contributed by atoms with Crippen molar-refractivity contribution in [2.75, 3.05) is 6.54 Å². The molecule has 0 aliphatic carbocycles. The van der Waals surface area contributed by atoms with Crippen LogP contribution in [-0.2, 0) is 11.3 Å². The summed E-state index contributed by atoms with van der Waals surface area (Å²) in [6.07, 6.45) is -0.860. The number of imide groups is 1. The molecule has 0 radical (unpaired) electrons. The molecule has 0 heterocycles. The highest BCUT2D eigenvalue weighted by Crippen LogP contribution is 2.27. The molecule has 6 nitrogen and oxygen atoms in total. The molecule has 7 heteroatoms. The smallest absolute Gasteiger partial charge is 0.318 e. The number of nitrogens with one attached hydrogen (secondary N) is 2. The van der Waals surface area contributed by atoms with Gasteiger partial charge in [-0.1, -0.05) is 24.6 Å². The summed E-state index contributed by atoms with van der Waals surface area (Å²) in [5.74, 6) is -0.113. The van der Waals surface area contributed by atoms with Crippen molar-refractivity contribution in [1.82, 2.24) is 10.6 Å². The Balaban J connectivity index is 2.83. The third kappa shape index (κ3) is 4.71. The van der Waals surface area contributed by atoms with Gasteiger partial charge in [0.1, 0.15) is 5.75 Å². The van der Waals surface area contributed by atoms with Crippen LogP contribution in [-0.4, -0.2) is 24.6 Å². The minimum atomic E-state index is -0.913. The number of carbonyl (C=O) groups excluding carboxylic acids is 2. The van der Waals surface area contributed by atoms with Gasteiger partial charge < -0.3 is 15.8 Å². The number of hydrogen-bond acceptors (Lipinski definition) is 4.